The third-order valence-electron chi connectivity index (χ3n) is 3.18. The largest absolute Gasteiger partial charge is 0.398 e. The summed E-state index contributed by atoms with van der Waals surface area (Å²) in [6.45, 7) is 6.46. The highest BCUT2D eigenvalue weighted by molar-refractivity contribution is 7.89. The number of nitrogens with one attached hydrogen (secondary N) is 1. The van der Waals surface area contributed by atoms with E-state index in [2.05, 4.69) is 26.1 Å². The highest BCUT2D eigenvalue weighted by atomic mass is 32.2. The Hall–Kier alpha value is -1.27. The van der Waals surface area contributed by atoms with Crippen LogP contribution in [0.2, 0.25) is 0 Å². The van der Waals surface area contributed by atoms with Crippen LogP contribution in [-0.4, -0.2) is 14.5 Å². The number of hydrogen-bond donors (Lipinski definition) is 3. The molecule has 0 bridgehead atoms. The number of hydrogen-bond acceptors (Lipinski definition) is 4. The molecular formula is C13H23N3O2S. The van der Waals surface area contributed by atoms with Crippen molar-refractivity contribution in [2.75, 3.05) is 11.1 Å². The summed E-state index contributed by atoms with van der Waals surface area (Å²) in [7, 11) is -3.75. The Morgan fingerprint density at radius 3 is 2.42 bits per heavy atom. The minimum absolute atomic E-state index is 0.0346. The van der Waals surface area contributed by atoms with Gasteiger partial charge in [0.2, 0.25) is 10.0 Å². The quantitative estimate of drug-likeness (QED) is 0.697. The van der Waals surface area contributed by atoms with E-state index in [1.165, 1.54) is 6.07 Å². The molecule has 108 valence electrons. The summed E-state index contributed by atoms with van der Waals surface area (Å²) >= 11 is 0. The normalized spacial score (nSPS) is 14.9. The molecule has 1 rings (SSSR count). The minimum Gasteiger partial charge on any atom is -0.398 e. The minimum atomic E-state index is -3.75. The van der Waals surface area contributed by atoms with E-state index in [9.17, 15) is 8.42 Å². The summed E-state index contributed by atoms with van der Waals surface area (Å²) in [5.74, 6) is 0.642. The number of rotatable bonds is 6. The molecule has 0 fully saturated rings. The monoisotopic (exact) mass is 285 g/mol. The molecule has 0 saturated carbocycles. The van der Waals surface area contributed by atoms with Gasteiger partial charge in [-0.15, -0.1) is 0 Å². The van der Waals surface area contributed by atoms with Crippen LogP contribution in [0.25, 0.3) is 0 Å². The second kappa shape index (κ2) is 6.25. The SMILES string of the molecule is CCC(C)CC(C)Nc1ccc(S(N)(=O)=O)c(N)c1. The van der Waals surface area contributed by atoms with E-state index in [0.29, 0.717) is 12.0 Å². The van der Waals surface area contributed by atoms with Crippen LogP contribution < -0.4 is 16.2 Å². The molecule has 2 atom stereocenters. The lowest BCUT2D eigenvalue weighted by atomic mass is 10.0. The van der Waals surface area contributed by atoms with E-state index in [4.69, 9.17) is 10.9 Å². The topological polar surface area (TPSA) is 98.2 Å². The molecule has 0 spiro atoms. The highest BCUT2D eigenvalue weighted by Crippen LogP contribution is 2.23. The van der Waals surface area contributed by atoms with Crippen LogP contribution in [0, 0.1) is 5.92 Å². The number of benzene rings is 1. The Morgan fingerprint density at radius 2 is 1.95 bits per heavy atom. The summed E-state index contributed by atoms with van der Waals surface area (Å²) < 4.78 is 22.5. The number of nitrogen functional groups attached to an aromatic ring is 1. The van der Waals surface area contributed by atoms with Crippen LogP contribution in [0.1, 0.15) is 33.6 Å². The zero-order valence-corrected chi connectivity index (χ0v) is 12.5. The molecule has 0 saturated heterocycles. The van der Waals surface area contributed by atoms with Gasteiger partial charge < -0.3 is 11.1 Å². The van der Waals surface area contributed by atoms with Gasteiger partial charge in [-0.25, -0.2) is 13.6 Å². The fourth-order valence-corrected chi connectivity index (χ4v) is 2.66. The van der Waals surface area contributed by atoms with E-state index >= 15 is 0 Å². The van der Waals surface area contributed by atoms with Crippen molar-refractivity contribution in [3.05, 3.63) is 18.2 Å². The van der Waals surface area contributed by atoms with Gasteiger partial charge in [-0.1, -0.05) is 20.3 Å². The van der Waals surface area contributed by atoms with E-state index in [1.807, 2.05) is 0 Å². The molecule has 5 N–H and O–H groups in total. The Kier molecular flexibility index (Phi) is 5.20. The molecule has 0 aliphatic carbocycles. The molecule has 2 unspecified atom stereocenters. The van der Waals surface area contributed by atoms with Crippen molar-refractivity contribution < 1.29 is 8.42 Å². The first-order valence-electron chi connectivity index (χ1n) is 6.43. The Bertz CT molecular complexity index is 529. The zero-order valence-electron chi connectivity index (χ0n) is 11.7. The van der Waals surface area contributed by atoms with Gasteiger partial charge in [-0.3, -0.25) is 0 Å². The molecule has 0 amide bonds. The summed E-state index contributed by atoms with van der Waals surface area (Å²) in [6, 6.07) is 5.02. The standard InChI is InChI=1S/C13H23N3O2S/c1-4-9(2)7-10(3)16-11-5-6-13(12(14)8-11)19(15,17)18/h5-6,8-10,16H,4,7,14H2,1-3H3,(H2,15,17,18). The number of primary sulfonamides is 1. The molecule has 0 aliphatic rings. The maximum atomic E-state index is 11.2. The van der Waals surface area contributed by atoms with Crippen molar-refractivity contribution >= 4 is 21.4 Å². The van der Waals surface area contributed by atoms with Crippen molar-refractivity contribution in [3.8, 4) is 0 Å². The van der Waals surface area contributed by atoms with Crippen molar-refractivity contribution in [1.82, 2.24) is 0 Å². The molecule has 0 heterocycles. The second-order valence-electron chi connectivity index (χ2n) is 5.09. The van der Waals surface area contributed by atoms with Crippen LogP contribution >= 0.6 is 0 Å². The van der Waals surface area contributed by atoms with Gasteiger partial charge >= 0.3 is 0 Å². The summed E-state index contributed by atoms with van der Waals surface area (Å²) in [4.78, 5) is -0.0346. The zero-order chi connectivity index (χ0) is 14.6. The van der Waals surface area contributed by atoms with Gasteiger partial charge in [0.1, 0.15) is 4.90 Å². The van der Waals surface area contributed by atoms with Gasteiger partial charge in [0.25, 0.3) is 0 Å². The highest BCUT2D eigenvalue weighted by Gasteiger charge is 2.13. The van der Waals surface area contributed by atoms with Crippen molar-refractivity contribution in [2.24, 2.45) is 11.1 Å². The molecule has 0 aliphatic heterocycles. The van der Waals surface area contributed by atoms with Crippen LogP contribution in [0.3, 0.4) is 0 Å². The average Bonchev–Trinajstić information content (AvgIpc) is 2.26. The Labute approximate surface area is 115 Å². The van der Waals surface area contributed by atoms with Gasteiger partial charge in [0.05, 0.1) is 5.69 Å². The molecular weight excluding hydrogens is 262 g/mol. The lowest BCUT2D eigenvalue weighted by Gasteiger charge is -2.19. The first-order chi connectivity index (χ1) is 8.74. The average molecular weight is 285 g/mol. The third-order valence-corrected chi connectivity index (χ3v) is 4.17. The van der Waals surface area contributed by atoms with E-state index in [-0.39, 0.29) is 10.6 Å². The summed E-state index contributed by atoms with van der Waals surface area (Å²) in [5.41, 5.74) is 6.69. The van der Waals surface area contributed by atoms with Crippen LogP contribution in [0.4, 0.5) is 11.4 Å². The predicted molar refractivity (Wildman–Crippen MR) is 79.4 cm³/mol. The van der Waals surface area contributed by atoms with Crippen LogP contribution in [-0.2, 0) is 10.0 Å². The van der Waals surface area contributed by atoms with Crippen molar-refractivity contribution in [2.45, 2.75) is 44.6 Å². The maximum Gasteiger partial charge on any atom is 0.240 e. The number of sulfonamides is 1. The third kappa shape index (κ3) is 4.72. The summed E-state index contributed by atoms with van der Waals surface area (Å²) in [5, 5.41) is 8.38. The fraction of sp³-hybridized carbons (Fsp3) is 0.538. The molecule has 0 radical (unpaired) electrons. The van der Waals surface area contributed by atoms with Crippen molar-refractivity contribution in [3.63, 3.8) is 0 Å². The molecule has 6 heteroatoms. The van der Waals surface area contributed by atoms with Gasteiger partial charge in [0.15, 0.2) is 0 Å². The van der Waals surface area contributed by atoms with E-state index in [0.717, 1.165) is 18.5 Å². The van der Waals surface area contributed by atoms with Gasteiger partial charge in [0, 0.05) is 11.7 Å². The van der Waals surface area contributed by atoms with Crippen LogP contribution in [0.5, 0.6) is 0 Å². The van der Waals surface area contributed by atoms with Gasteiger partial charge in [-0.2, -0.15) is 0 Å². The first kappa shape index (κ1) is 15.8. The maximum absolute atomic E-state index is 11.2. The van der Waals surface area contributed by atoms with Crippen molar-refractivity contribution in [1.29, 1.82) is 0 Å². The van der Waals surface area contributed by atoms with Gasteiger partial charge in [-0.05, 0) is 37.5 Å². The van der Waals surface area contributed by atoms with E-state index < -0.39 is 10.0 Å². The number of nitrogens with two attached hydrogens (primary N) is 2. The lowest BCUT2D eigenvalue weighted by molar-refractivity contribution is 0.484. The molecule has 19 heavy (non-hydrogen) atoms. The molecule has 0 aromatic heterocycles. The molecule has 5 nitrogen and oxygen atoms in total. The molecule has 1 aromatic rings. The Morgan fingerprint density at radius 1 is 1.32 bits per heavy atom. The van der Waals surface area contributed by atoms with E-state index in [1.54, 1.807) is 12.1 Å². The lowest BCUT2D eigenvalue weighted by Crippen LogP contribution is -2.19. The predicted octanol–water partition coefficient (Wildman–Crippen LogP) is 2.15. The summed E-state index contributed by atoms with van der Waals surface area (Å²) in [6.07, 6.45) is 2.19. The first-order valence-corrected chi connectivity index (χ1v) is 7.97. The van der Waals surface area contributed by atoms with Crippen LogP contribution in [0.15, 0.2) is 23.1 Å². The smallest absolute Gasteiger partial charge is 0.240 e. The fourth-order valence-electron chi connectivity index (χ4n) is 2.01. The second-order valence-corrected chi connectivity index (χ2v) is 6.62. The molecule has 1 aromatic carbocycles. The Balaban J connectivity index is 2.79. The number of anilines is 2.